The number of hydrogen-bond acceptors (Lipinski definition) is 4. The summed E-state index contributed by atoms with van der Waals surface area (Å²) < 4.78 is 1.93. The molecule has 2 rings (SSSR count). The van der Waals surface area contributed by atoms with Crippen molar-refractivity contribution in [2.24, 2.45) is 7.05 Å². The normalized spacial score (nSPS) is 11.1. The molecule has 0 amide bonds. The van der Waals surface area contributed by atoms with E-state index < -0.39 is 0 Å². The van der Waals surface area contributed by atoms with Crippen LogP contribution in [-0.2, 0) is 12.8 Å². The topological polar surface area (TPSA) is 43.6 Å². The molecular formula is C9H12N4S. The van der Waals surface area contributed by atoms with Gasteiger partial charge in [0.2, 0.25) is 0 Å². The molecule has 0 fully saturated rings. The van der Waals surface area contributed by atoms with Crippen molar-refractivity contribution >= 4 is 23.9 Å². The van der Waals surface area contributed by atoms with Crippen LogP contribution >= 0.6 is 12.6 Å². The SMILES string of the molecule is Cc1nc2nc(CS)n(C)c2nc1C. The molecule has 0 saturated heterocycles. The molecule has 4 nitrogen and oxygen atoms in total. The fourth-order valence-corrected chi connectivity index (χ4v) is 1.62. The standard InChI is InChI=1S/C9H12N4S/c1-5-6(2)11-9-8(10-5)12-7(4-14)13(9)3/h14H,4H2,1-3H3. The minimum absolute atomic E-state index is 0.604. The van der Waals surface area contributed by atoms with Crippen molar-refractivity contribution in [2.75, 3.05) is 0 Å². The lowest BCUT2D eigenvalue weighted by atomic mass is 10.3. The highest BCUT2D eigenvalue weighted by Crippen LogP contribution is 2.13. The summed E-state index contributed by atoms with van der Waals surface area (Å²) >= 11 is 4.20. The van der Waals surface area contributed by atoms with E-state index >= 15 is 0 Å². The molecule has 0 unspecified atom stereocenters. The Balaban J connectivity index is 2.80. The zero-order valence-electron chi connectivity index (χ0n) is 8.44. The van der Waals surface area contributed by atoms with Gasteiger partial charge in [-0.1, -0.05) is 0 Å². The van der Waals surface area contributed by atoms with Crippen molar-refractivity contribution in [3.05, 3.63) is 17.2 Å². The van der Waals surface area contributed by atoms with Crippen LogP contribution in [0, 0.1) is 13.8 Å². The molecule has 0 saturated carbocycles. The summed E-state index contributed by atoms with van der Waals surface area (Å²) in [6.07, 6.45) is 0. The number of thiol groups is 1. The second-order valence-corrected chi connectivity index (χ2v) is 3.60. The van der Waals surface area contributed by atoms with E-state index in [2.05, 4.69) is 27.6 Å². The van der Waals surface area contributed by atoms with Gasteiger partial charge in [-0.2, -0.15) is 12.6 Å². The van der Waals surface area contributed by atoms with Crippen LogP contribution < -0.4 is 0 Å². The largest absolute Gasteiger partial charge is 0.314 e. The molecule has 0 atom stereocenters. The van der Waals surface area contributed by atoms with Crippen molar-refractivity contribution < 1.29 is 0 Å². The van der Waals surface area contributed by atoms with Crippen LogP contribution in [-0.4, -0.2) is 19.5 Å². The summed E-state index contributed by atoms with van der Waals surface area (Å²) in [5.41, 5.74) is 3.42. The Kier molecular flexibility index (Phi) is 2.19. The van der Waals surface area contributed by atoms with Crippen LogP contribution in [0.2, 0.25) is 0 Å². The maximum absolute atomic E-state index is 4.45. The molecule has 74 valence electrons. The van der Waals surface area contributed by atoms with Crippen molar-refractivity contribution in [2.45, 2.75) is 19.6 Å². The van der Waals surface area contributed by atoms with Gasteiger partial charge in [0.05, 0.1) is 11.4 Å². The van der Waals surface area contributed by atoms with Gasteiger partial charge in [0.15, 0.2) is 11.3 Å². The molecule has 0 bridgehead atoms. The van der Waals surface area contributed by atoms with Crippen LogP contribution in [0.3, 0.4) is 0 Å². The van der Waals surface area contributed by atoms with Gasteiger partial charge in [-0.25, -0.2) is 15.0 Å². The molecule has 0 spiro atoms. The highest BCUT2D eigenvalue weighted by Gasteiger charge is 2.10. The van der Waals surface area contributed by atoms with Gasteiger partial charge in [-0.3, -0.25) is 0 Å². The Morgan fingerprint density at radius 2 is 1.79 bits per heavy atom. The van der Waals surface area contributed by atoms with Gasteiger partial charge in [0.1, 0.15) is 5.82 Å². The highest BCUT2D eigenvalue weighted by molar-refractivity contribution is 7.79. The average Bonchev–Trinajstić information content (AvgIpc) is 2.45. The van der Waals surface area contributed by atoms with E-state index in [-0.39, 0.29) is 0 Å². The van der Waals surface area contributed by atoms with E-state index in [1.807, 2.05) is 25.5 Å². The summed E-state index contributed by atoms with van der Waals surface area (Å²) in [6, 6.07) is 0. The first-order chi connectivity index (χ1) is 6.63. The first-order valence-electron chi connectivity index (χ1n) is 4.41. The van der Waals surface area contributed by atoms with Crippen LogP contribution in [0.5, 0.6) is 0 Å². The van der Waals surface area contributed by atoms with Crippen molar-refractivity contribution in [3.63, 3.8) is 0 Å². The van der Waals surface area contributed by atoms with E-state index in [9.17, 15) is 0 Å². The minimum atomic E-state index is 0.604. The van der Waals surface area contributed by atoms with Gasteiger partial charge in [-0.05, 0) is 13.8 Å². The monoisotopic (exact) mass is 208 g/mol. The van der Waals surface area contributed by atoms with Crippen molar-refractivity contribution in [1.82, 2.24) is 19.5 Å². The Bertz CT molecular complexity index is 489. The summed E-state index contributed by atoms with van der Waals surface area (Å²) in [5, 5.41) is 0. The number of imidazole rings is 1. The first kappa shape index (κ1) is 9.45. The predicted molar refractivity (Wildman–Crippen MR) is 58.5 cm³/mol. The maximum atomic E-state index is 4.45. The third-order valence-electron chi connectivity index (χ3n) is 2.35. The van der Waals surface area contributed by atoms with Crippen molar-refractivity contribution in [1.29, 1.82) is 0 Å². The van der Waals surface area contributed by atoms with Gasteiger partial charge >= 0.3 is 0 Å². The molecular weight excluding hydrogens is 196 g/mol. The Hall–Kier alpha value is -1.10. The summed E-state index contributed by atoms with van der Waals surface area (Å²) in [5.74, 6) is 1.50. The zero-order valence-corrected chi connectivity index (χ0v) is 9.34. The van der Waals surface area contributed by atoms with E-state index in [0.29, 0.717) is 11.4 Å². The third-order valence-corrected chi connectivity index (χ3v) is 2.63. The van der Waals surface area contributed by atoms with Gasteiger partial charge in [-0.15, -0.1) is 0 Å². The number of aryl methyl sites for hydroxylation is 3. The highest BCUT2D eigenvalue weighted by atomic mass is 32.1. The molecule has 14 heavy (non-hydrogen) atoms. The average molecular weight is 208 g/mol. The predicted octanol–water partition coefficient (Wildman–Crippen LogP) is 1.41. The summed E-state index contributed by atoms with van der Waals surface area (Å²) in [4.78, 5) is 13.2. The van der Waals surface area contributed by atoms with Gasteiger partial charge in [0.25, 0.3) is 0 Å². The number of hydrogen-bond donors (Lipinski definition) is 1. The quantitative estimate of drug-likeness (QED) is 0.721. The van der Waals surface area contributed by atoms with E-state index in [1.54, 1.807) is 0 Å². The molecule has 5 heteroatoms. The first-order valence-corrected chi connectivity index (χ1v) is 5.04. The number of fused-ring (bicyclic) bond motifs is 1. The molecule has 0 N–H and O–H groups in total. The lowest BCUT2D eigenvalue weighted by Crippen LogP contribution is -1.97. The zero-order chi connectivity index (χ0) is 10.3. The Morgan fingerprint density at radius 3 is 2.43 bits per heavy atom. The van der Waals surface area contributed by atoms with E-state index in [4.69, 9.17) is 0 Å². The Morgan fingerprint density at radius 1 is 1.14 bits per heavy atom. The fraction of sp³-hybridized carbons (Fsp3) is 0.444. The number of aromatic nitrogens is 4. The van der Waals surface area contributed by atoms with Crippen molar-refractivity contribution in [3.8, 4) is 0 Å². The smallest absolute Gasteiger partial charge is 0.197 e. The minimum Gasteiger partial charge on any atom is -0.314 e. The molecule has 0 radical (unpaired) electrons. The lowest BCUT2D eigenvalue weighted by molar-refractivity contribution is 0.863. The van der Waals surface area contributed by atoms with Gasteiger partial charge in [0, 0.05) is 12.8 Å². The number of nitrogens with zero attached hydrogens (tertiary/aromatic N) is 4. The van der Waals surface area contributed by atoms with E-state index in [0.717, 1.165) is 22.9 Å². The summed E-state index contributed by atoms with van der Waals surface area (Å²) in [7, 11) is 1.93. The second kappa shape index (κ2) is 3.24. The van der Waals surface area contributed by atoms with E-state index in [1.165, 1.54) is 0 Å². The van der Waals surface area contributed by atoms with Crippen LogP contribution in [0.1, 0.15) is 17.2 Å². The Labute approximate surface area is 87.8 Å². The molecule has 0 aromatic carbocycles. The number of rotatable bonds is 1. The molecule has 0 aliphatic heterocycles. The van der Waals surface area contributed by atoms with Crippen LogP contribution in [0.4, 0.5) is 0 Å². The molecule has 2 aromatic rings. The van der Waals surface area contributed by atoms with Crippen LogP contribution in [0.15, 0.2) is 0 Å². The lowest BCUT2D eigenvalue weighted by Gasteiger charge is -1.99. The fourth-order valence-electron chi connectivity index (χ4n) is 1.34. The molecule has 0 aliphatic rings. The van der Waals surface area contributed by atoms with Crippen LogP contribution in [0.25, 0.3) is 11.3 Å². The second-order valence-electron chi connectivity index (χ2n) is 3.29. The maximum Gasteiger partial charge on any atom is 0.197 e. The van der Waals surface area contributed by atoms with Gasteiger partial charge < -0.3 is 4.57 Å². The molecule has 2 heterocycles. The molecule has 2 aromatic heterocycles. The molecule has 0 aliphatic carbocycles. The third kappa shape index (κ3) is 1.28. The summed E-state index contributed by atoms with van der Waals surface area (Å²) in [6.45, 7) is 3.89.